The lowest BCUT2D eigenvalue weighted by Crippen LogP contribution is -2.54. The Bertz CT molecular complexity index is 1110. The summed E-state index contributed by atoms with van der Waals surface area (Å²) >= 11 is 0. The van der Waals surface area contributed by atoms with Gasteiger partial charge in [-0.1, -0.05) is 81.5 Å². The molecule has 8 heteroatoms. The number of aliphatic hydroxyl groups is 1. The molecule has 2 rings (SSSR count). The normalized spacial score (nSPS) is 12.8. The Hall–Kier alpha value is -3.39. The van der Waals surface area contributed by atoms with Crippen molar-refractivity contribution in [1.29, 1.82) is 0 Å². The van der Waals surface area contributed by atoms with Gasteiger partial charge in [-0.05, 0) is 63.8 Å². The predicted molar refractivity (Wildman–Crippen MR) is 159 cm³/mol. The van der Waals surface area contributed by atoms with Crippen LogP contribution in [0.25, 0.3) is 0 Å². The van der Waals surface area contributed by atoms with Gasteiger partial charge in [0.2, 0.25) is 5.91 Å². The Morgan fingerprint density at radius 3 is 2.10 bits per heavy atom. The highest BCUT2D eigenvalue weighted by molar-refractivity contribution is 5.99. The maximum absolute atomic E-state index is 14.0. The first kappa shape index (κ1) is 32.8. The maximum Gasteiger partial charge on any atom is 0.408 e. The number of alkyl carbamates (subject to hydrolysis) is 1. The minimum atomic E-state index is -1.27. The number of aryl methyl sites for hydroxylation is 2. The van der Waals surface area contributed by atoms with E-state index in [0.717, 1.165) is 43.2 Å². The van der Waals surface area contributed by atoms with Gasteiger partial charge in [0.1, 0.15) is 17.7 Å². The van der Waals surface area contributed by atoms with Crippen molar-refractivity contribution in [2.45, 2.75) is 97.8 Å². The number of amides is 3. The standard InChI is InChI=1S/C32H47N3O5/c1-7-8-9-10-11-16-21-35(30(38)27(22-36)34-31(39)40-32(4,5)6)28(25-19-14-12-17-23(25)2)29(37)33-26-20-15-13-18-24(26)3/h12-15,17-20,27-28,36H,7-11,16,21-22H2,1-6H3,(H,33,37)(H,34,39). The maximum atomic E-state index is 14.0. The number of hydrogen-bond donors (Lipinski definition) is 3. The molecule has 0 saturated carbocycles. The summed E-state index contributed by atoms with van der Waals surface area (Å²) in [5.74, 6) is -0.910. The van der Waals surface area contributed by atoms with Gasteiger partial charge >= 0.3 is 6.09 Å². The molecule has 2 unspecified atom stereocenters. The quantitative estimate of drug-likeness (QED) is 0.247. The number of nitrogens with one attached hydrogen (secondary N) is 2. The largest absolute Gasteiger partial charge is 0.444 e. The highest BCUT2D eigenvalue weighted by Gasteiger charge is 2.36. The average molecular weight is 554 g/mol. The first-order valence-corrected chi connectivity index (χ1v) is 14.3. The van der Waals surface area contributed by atoms with Crippen LogP contribution < -0.4 is 10.6 Å². The molecule has 0 fully saturated rings. The van der Waals surface area contributed by atoms with Gasteiger partial charge in [-0.2, -0.15) is 0 Å². The number of anilines is 1. The molecule has 8 nitrogen and oxygen atoms in total. The van der Waals surface area contributed by atoms with E-state index in [1.165, 1.54) is 4.90 Å². The van der Waals surface area contributed by atoms with Gasteiger partial charge in [0.15, 0.2) is 0 Å². The van der Waals surface area contributed by atoms with Gasteiger partial charge in [-0.3, -0.25) is 9.59 Å². The highest BCUT2D eigenvalue weighted by Crippen LogP contribution is 2.28. The molecule has 0 spiro atoms. The van der Waals surface area contributed by atoms with Crippen molar-refractivity contribution in [3.05, 3.63) is 65.2 Å². The Morgan fingerprint density at radius 1 is 0.900 bits per heavy atom. The third-order valence-electron chi connectivity index (χ3n) is 6.65. The molecule has 0 aliphatic carbocycles. The molecule has 0 aliphatic rings. The van der Waals surface area contributed by atoms with Gasteiger partial charge in [0.25, 0.3) is 5.91 Å². The van der Waals surface area contributed by atoms with Crippen LogP contribution in [0.15, 0.2) is 48.5 Å². The van der Waals surface area contributed by atoms with E-state index < -0.39 is 36.3 Å². The third-order valence-corrected chi connectivity index (χ3v) is 6.65. The molecule has 3 N–H and O–H groups in total. The van der Waals surface area contributed by atoms with Crippen LogP contribution >= 0.6 is 0 Å². The van der Waals surface area contributed by atoms with Gasteiger partial charge in [0.05, 0.1) is 6.61 Å². The molecular weight excluding hydrogens is 506 g/mol. The number of carbonyl (C=O) groups excluding carboxylic acids is 3. The lowest BCUT2D eigenvalue weighted by atomic mass is 9.97. The summed E-state index contributed by atoms with van der Waals surface area (Å²) in [6, 6.07) is 12.7. The van der Waals surface area contributed by atoms with E-state index in [0.29, 0.717) is 17.7 Å². The van der Waals surface area contributed by atoms with Gasteiger partial charge < -0.3 is 25.4 Å². The van der Waals surface area contributed by atoms with Crippen LogP contribution in [0.3, 0.4) is 0 Å². The summed E-state index contributed by atoms with van der Waals surface area (Å²) in [4.78, 5) is 42.0. The zero-order valence-corrected chi connectivity index (χ0v) is 25.0. The zero-order chi connectivity index (χ0) is 29.7. The number of para-hydroxylation sites is 1. The number of nitrogens with zero attached hydrogens (tertiary/aromatic N) is 1. The van der Waals surface area contributed by atoms with Crippen LogP contribution in [0, 0.1) is 13.8 Å². The second-order valence-corrected chi connectivity index (χ2v) is 11.2. The van der Waals surface area contributed by atoms with Crippen LogP contribution in [0.2, 0.25) is 0 Å². The summed E-state index contributed by atoms with van der Waals surface area (Å²) in [6.45, 7) is 10.8. The van der Waals surface area contributed by atoms with Gasteiger partial charge in [-0.15, -0.1) is 0 Å². The van der Waals surface area contributed by atoms with Crippen molar-refractivity contribution in [3.63, 3.8) is 0 Å². The Balaban J connectivity index is 2.46. The van der Waals surface area contributed by atoms with Gasteiger partial charge in [-0.25, -0.2) is 4.79 Å². The molecule has 0 aromatic heterocycles. The second kappa shape index (κ2) is 16.0. The number of benzene rings is 2. The van der Waals surface area contributed by atoms with Crippen LogP contribution in [-0.2, 0) is 14.3 Å². The monoisotopic (exact) mass is 553 g/mol. The van der Waals surface area contributed by atoms with E-state index in [-0.39, 0.29) is 12.5 Å². The molecular formula is C32H47N3O5. The molecule has 0 bridgehead atoms. The molecule has 3 amide bonds. The Kier molecular flexibility index (Phi) is 13.1. The van der Waals surface area contributed by atoms with E-state index in [1.807, 2.05) is 62.4 Å². The lowest BCUT2D eigenvalue weighted by Gasteiger charge is -2.35. The average Bonchev–Trinajstić information content (AvgIpc) is 2.89. The van der Waals surface area contributed by atoms with Crippen LogP contribution in [0.4, 0.5) is 10.5 Å². The molecule has 0 heterocycles. The highest BCUT2D eigenvalue weighted by atomic mass is 16.6. The topological polar surface area (TPSA) is 108 Å². The Morgan fingerprint density at radius 2 is 1.50 bits per heavy atom. The Labute approximate surface area is 239 Å². The van der Waals surface area contributed by atoms with Crippen LogP contribution in [0.5, 0.6) is 0 Å². The summed E-state index contributed by atoms with van der Waals surface area (Å²) in [5, 5.41) is 15.7. The summed E-state index contributed by atoms with van der Waals surface area (Å²) in [5.41, 5.74) is 2.31. The van der Waals surface area contributed by atoms with Crippen molar-refractivity contribution in [3.8, 4) is 0 Å². The smallest absolute Gasteiger partial charge is 0.408 e. The number of rotatable bonds is 14. The molecule has 0 saturated heterocycles. The molecule has 2 aromatic carbocycles. The molecule has 220 valence electrons. The SMILES string of the molecule is CCCCCCCCN(C(=O)C(CO)NC(=O)OC(C)(C)C)C(C(=O)Nc1ccccc1C)c1ccccc1C. The summed E-state index contributed by atoms with van der Waals surface area (Å²) in [7, 11) is 0. The fourth-order valence-electron chi connectivity index (χ4n) is 4.52. The van der Waals surface area contributed by atoms with E-state index in [2.05, 4.69) is 17.6 Å². The molecule has 0 radical (unpaired) electrons. The number of hydrogen-bond acceptors (Lipinski definition) is 5. The second-order valence-electron chi connectivity index (χ2n) is 11.2. The van der Waals surface area contributed by atoms with Crippen molar-refractivity contribution >= 4 is 23.6 Å². The number of ether oxygens (including phenoxy) is 1. The van der Waals surface area contributed by atoms with E-state index in [4.69, 9.17) is 4.74 Å². The van der Waals surface area contributed by atoms with E-state index in [9.17, 15) is 19.5 Å². The number of aliphatic hydroxyl groups excluding tert-OH is 1. The predicted octanol–water partition coefficient (Wildman–Crippen LogP) is 6.06. The fraction of sp³-hybridized carbons (Fsp3) is 0.531. The number of unbranched alkanes of at least 4 members (excludes halogenated alkanes) is 5. The molecule has 2 atom stereocenters. The van der Waals surface area contributed by atoms with Crippen molar-refractivity contribution in [2.75, 3.05) is 18.5 Å². The lowest BCUT2D eigenvalue weighted by molar-refractivity contribution is -0.141. The zero-order valence-electron chi connectivity index (χ0n) is 25.0. The first-order chi connectivity index (χ1) is 19.0. The van der Waals surface area contributed by atoms with Crippen molar-refractivity contribution < 1.29 is 24.2 Å². The van der Waals surface area contributed by atoms with E-state index in [1.54, 1.807) is 20.8 Å². The van der Waals surface area contributed by atoms with Crippen LogP contribution in [0.1, 0.15) is 89.0 Å². The van der Waals surface area contributed by atoms with Crippen molar-refractivity contribution in [2.24, 2.45) is 0 Å². The third kappa shape index (κ3) is 10.3. The van der Waals surface area contributed by atoms with E-state index >= 15 is 0 Å². The fourth-order valence-corrected chi connectivity index (χ4v) is 4.52. The molecule has 2 aromatic rings. The molecule has 0 aliphatic heterocycles. The van der Waals surface area contributed by atoms with Crippen LogP contribution in [-0.4, -0.2) is 52.7 Å². The van der Waals surface area contributed by atoms with Crippen molar-refractivity contribution in [1.82, 2.24) is 10.2 Å². The first-order valence-electron chi connectivity index (χ1n) is 14.3. The van der Waals surface area contributed by atoms with Gasteiger partial charge in [0, 0.05) is 12.2 Å². The number of carbonyl (C=O) groups is 3. The minimum absolute atomic E-state index is 0.289. The summed E-state index contributed by atoms with van der Waals surface area (Å²) < 4.78 is 5.33. The molecule has 40 heavy (non-hydrogen) atoms. The summed E-state index contributed by atoms with van der Waals surface area (Å²) in [6.07, 6.45) is 5.19. The minimum Gasteiger partial charge on any atom is -0.444 e.